The summed E-state index contributed by atoms with van der Waals surface area (Å²) in [4.78, 5) is 17.2. The number of hydrogen-bond acceptors (Lipinski definition) is 3. The molecule has 0 spiro atoms. The van der Waals surface area contributed by atoms with E-state index in [4.69, 9.17) is 6.42 Å². The highest BCUT2D eigenvalue weighted by molar-refractivity contribution is 7.16. The van der Waals surface area contributed by atoms with Crippen molar-refractivity contribution in [3.63, 3.8) is 0 Å². The van der Waals surface area contributed by atoms with Gasteiger partial charge in [-0.05, 0) is 37.1 Å². The summed E-state index contributed by atoms with van der Waals surface area (Å²) in [5.74, 6) is 2.27. The minimum atomic E-state index is -0.364. The zero-order valence-electron chi connectivity index (χ0n) is 13.2. The molecular formula is C17H16N4OS. The molecule has 3 aromatic rings. The van der Waals surface area contributed by atoms with E-state index in [0.717, 1.165) is 21.3 Å². The van der Waals surface area contributed by atoms with E-state index >= 15 is 0 Å². The summed E-state index contributed by atoms with van der Waals surface area (Å²) in [6.07, 6.45) is 7.21. The first-order chi connectivity index (χ1) is 11.0. The van der Waals surface area contributed by atoms with Crippen LogP contribution in [0, 0.1) is 26.2 Å². The molecule has 5 nitrogen and oxygen atoms in total. The SMILES string of the molecule is C#CCn1c(=NC(=O)c2ccn(C)n2)sc2c(C)cc(C)cc21. The van der Waals surface area contributed by atoms with Crippen LogP contribution in [0.2, 0.25) is 0 Å². The fraction of sp³-hybridized carbons (Fsp3) is 0.235. The Kier molecular flexibility index (Phi) is 3.89. The number of terminal acetylenes is 1. The second-order valence-electron chi connectivity index (χ2n) is 5.40. The summed E-state index contributed by atoms with van der Waals surface area (Å²) in [7, 11) is 1.76. The number of carbonyl (C=O) groups excluding carboxylic acids is 1. The number of hydrogen-bond donors (Lipinski definition) is 0. The molecule has 0 aliphatic heterocycles. The van der Waals surface area contributed by atoms with Crippen LogP contribution in [0.15, 0.2) is 29.4 Å². The van der Waals surface area contributed by atoms with Gasteiger partial charge in [-0.2, -0.15) is 10.1 Å². The van der Waals surface area contributed by atoms with Crippen molar-refractivity contribution in [1.29, 1.82) is 0 Å². The summed E-state index contributed by atoms with van der Waals surface area (Å²) in [6.45, 7) is 4.47. The van der Waals surface area contributed by atoms with Gasteiger partial charge in [0.25, 0.3) is 5.91 Å². The lowest BCUT2D eigenvalue weighted by Gasteiger charge is -2.02. The molecule has 0 aliphatic carbocycles. The Hall–Kier alpha value is -2.65. The zero-order chi connectivity index (χ0) is 16.6. The number of amides is 1. The first kappa shape index (κ1) is 15.3. The molecule has 1 aromatic carbocycles. The lowest BCUT2D eigenvalue weighted by Crippen LogP contribution is -2.16. The van der Waals surface area contributed by atoms with E-state index in [1.54, 1.807) is 24.0 Å². The molecule has 0 saturated carbocycles. The van der Waals surface area contributed by atoms with Crippen molar-refractivity contribution in [1.82, 2.24) is 14.3 Å². The van der Waals surface area contributed by atoms with Crippen molar-refractivity contribution in [2.24, 2.45) is 12.0 Å². The molecule has 0 aliphatic rings. The molecule has 0 atom stereocenters. The third-order valence-corrected chi connectivity index (χ3v) is 4.72. The third kappa shape index (κ3) is 2.83. The molecule has 2 aromatic heterocycles. The highest BCUT2D eigenvalue weighted by Gasteiger charge is 2.12. The number of nitrogens with zero attached hydrogens (tertiary/aromatic N) is 4. The number of benzene rings is 1. The average molecular weight is 324 g/mol. The molecule has 0 bridgehead atoms. The second-order valence-corrected chi connectivity index (χ2v) is 6.37. The van der Waals surface area contributed by atoms with E-state index in [1.807, 2.05) is 11.5 Å². The normalized spacial score (nSPS) is 11.8. The molecular weight excluding hydrogens is 308 g/mol. The van der Waals surface area contributed by atoms with Crippen molar-refractivity contribution < 1.29 is 4.79 Å². The van der Waals surface area contributed by atoms with E-state index < -0.39 is 0 Å². The molecule has 0 fully saturated rings. The van der Waals surface area contributed by atoms with E-state index in [2.05, 4.69) is 35.1 Å². The Morgan fingerprint density at radius 2 is 2.22 bits per heavy atom. The van der Waals surface area contributed by atoms with Crippen LogP contribution in [-0.4, -0.2) is 20.3 Å². The Balaban J connectivity index is 2.22. The first-order valence-electron chi connectivity index (χ1n) is 7.12. The van der Waals surface area contributed by atoms with E-state index in [1.165, 1.54) is 11.3 Å². The van der Waals surface area contributed by atoms with Crippen LogP contribution in [0.1, 0.15) is 21.6 Å². The van der Waals surface area contributed by atoms with Gasteiger partial charge in [0.2, 0.25) is 0 Å². The van der Waals surface area contributed by atoms with Crippen LogP contribution in [0.25, 0.3) is 10.2 Å². The maximum Gasteiger partial charge on any atom is 0.300 e. The number of aryl methyl sites for hydroxylation is 3. The van der Waals surface area contributed by atoms with Gasteiger partial charge in [-0.3, -0.25) is 9.48 Å². The molecule has 0 unspecified atom stereocenters. The van der Waals surface area contributed by atoms with Gasteiger partial charge >= 0.3 is 0 Å². The van der Waals surface area contributed by atoms with Gasteiger partial charge in [0.1, 0.15) is 0 Å². The van der Waals surface area contributed by atoms with Crippen LogP contribution < -0.4 is 4.80 Å². The second kappa shape index (κ2) is 5.86. The Bertz CT molecular complexity index is 1010. The summed E-state index contributed by atoms with van der Waals surface area (Å²) >= 11 is 1.47. The van der Waals surface area contributed by atoms with E-state index in [0.29, 0.717) is 17.0 Å². The molecule has 6 heteroatoms. The molecule has 1 amide bonds. The molecule has 0 saturated heterocycles. The topological polar surface area (TPSA) is 52.2 Å². The number of carbonyl (C=O) groups is 1. The monoisotopic (exact) mass is 324 g/mol. The number of rotatable bonds is 2. The summed E-state index contributed by atoms with van der Waals surface area (Å²) in [5, 5.41) is 4.10. The molecule has 2 heterocycles. The van der Waals surface area contributed by atoms with Gasteiger partial charge in [0, 0.05) is 13.2 Å². The molecule has 23 heavy (non-hydrogen) atoms. The fourth-order valence-electron chi connectivity index (χ4n) is 2.52. The standard InChI is InChI=1S/C17H16N4OS/c1-5-7-21-14-10-11(2)9-12(3)15(14)23-17(21)18-16(22)13-6-8-20(4)19-13/h1,6,8-10H,7H2,2-4H3. The van der Waals surface area contributed by atoms with Gasteiger partial charge < -0.3 is 4.57 Å². The molecule has 0 radical (unpaired) electrons. The Morgan fingerprint density at radius 3 is 2.87 bits per heavy atom. The van der Waals surface area contributed by atoms with Crippen molar-refractivity contribution in [2.75, 3.05) is 0 Å². The highest BCUT2D eigenvalue weighted by atomic mass is 32.1. The number of aromatic nitrogens is 3. The van der Waals surface area contributed by atoms with Gasteiger partial charge in [0.15, 0.2) is 10.5 Å². The van der Waals surface area contributed by atoms with Crippen LogP contribution >= 0.6 is 11.3 Å². The lowest BCUT2D eigenvalue weighted by atomic mass is 10.1. The fourth-order valence-corrected chi connectivity index (χ4v) is 3.59. The van der Waals surface area contributed by atoms with Crippen LogP contribution in [0.3, 0.4) is 0 Å². The predicted molar refractivity (Wildman–Crippen MR) is 91.2 cm³/mol. The number of fused-ring (bicyclic) bond motifs is 1. The smallest absolute Gasteiger partial charge is 0.300 e. The predicted octanol–water partition coefficient (Wildman–Crippen LogP) is 2.43. The lowest BCUT2D eigenvalue weighted by molar-refractivity contribution is 0.0992. The van der Waals surface area contributed by atoms with Gasteiger partial charge in [-0.25, -0.2) is 0 Å². The minimum absolute atomic E-state index is 0.324. The maximum atomic E-state index is 12.3. The van der Waals surface area contributed by atoms with Gasteiger partial charge in [-0.15, -0.1) is 6.42 Å². The van der Waals surface area contributed by atoms with Crippen LogP contribution in [0.4, 0.5) is 0 Å². The zero-order valence-corrected chi connectivity index (χ0v) is 14.0. The largest absolute Gasteiger partial charge is 0.305 e. The van der Waals surface area contributed by atoms with Crippen molar-refractivity contribution in [3.05, 3.63) is 46.0 Å². The Morgan fingerprint density at radius 1 is 1.43 bits per heavy atom. The van der Waals surface area contributed by atoms with Crippen LogP contribution in [0.5, 0.6) is 0 Å². The highest BCUT2D eigenvalue weighted by Crippen LogP contribution is 2.23. The van der Waals surface area contributed by atoms with Crippen molar-refractivity contribution in [3.8, 4) is 12.3 Å². The molecule has 3 rings (SSSR count). The van der Waals surface area contributed by atoms with Gasteiger partial charge in [0.05, 0.1) is 16.8 Å². The van der Waals surface area contributed by atoms with Crippen molar-refractivity contribution >= 4 is 27.5 Å². The quantitative estimate of drug-likeness (QED) is 0.680. The molecule has 116 valence electrons. The van der Waals surface area contributed by atoms with Gasteiger partial charge in [-0.1, -0.05) is 23.3 Å². The summed E-state index contributed by atoms with van der Waals surface area (Å²) in [6, 6.07) is 5.84. The number of thiazole rings is 1. The van der Waals surface area contributed by atoms with Crippen molar-refractivity contribution in [2.45, 2.75) is 20.4 Å². The minimum Gasteiger partial charge on any atom is -0.305 e. The Labute approximate surface area is 137 Å². The summed E-state index contributed by atoms with van der Waals surface area (Å²) < 4.78 is 4.58. The first-order valence-corrected chi connectivity index (χ1v) is 7.94. The summed E-state index contributed by atoms with van der Waals surface area (Å²) in [5.41, 5.74) is 3.65. The van der Waals surface area contributed by atoms with Crippen LogP contribution in [-0.2, 0) is 13.6 Å². The van der Waals surface area contributed by atoms with E-state index in [-0.39, 0.29) is 5.91 Å². The average Bonchev–Trinajstić information content (AvgIpc) is 3.05. The third-order valence-electron chi connectivity index (χ3n) is 3.49. The maximum absolute atomic E-state index is 12.3. The molecule has 0 N–H and O–H groups in total. The van der Waals surface area contributed by atoms with E-state index in [9.17, 15) is 4.79 Å².